The number of pyridine rings is 1. The third-order valence-electron chi connectivity index (χ3n) is 4.63. The van der Waals surface area contributed by atoms with Crippen molar-refractivity contribution in [2.24, 2.45) is 0 Å². The zero-order valence-corrected chi connectivity index (χ0v) is 18.3. The molecule has 0 saturated carbocycles. The number of rotatable bonds is 6. The number of thiophene rings is 1. The number of aromatic hydroxyl groups is 1. The van der Waals surface area contributed by atoms with Gasteiger partial charge in [0, 0.05) is 33.7 Å². The lowest BCUT2D eigenvalue weighted by molar-refractivity contribution is 0.478. The maximum Gasteiger partial charge on any atom is 0.266 e. The van der Waals surface area contributed by atoms with E-state index in [-0.39, 0.29) is 16.2 Å². The summed E-state index contributed by atoms with van der Waals surface area (Å²) < 4.78 is 27.9. The summed E-state index contributed by atoms with van der Waals surface area (Å²) in [5.41, 5.74) is 1.65. The number of phenolic OH excluding ortho intramolecular Hbond substituents is 1. The first-order valence-corrected chi connectivity index (χ1v) is 12.3. The SMILES string of the molecule is O=c1[nH]c2ccc(O)c(-c3ccc(S(=O)(=O)NCCCBr)cc3)c2c2ccsc12. The van der Waals surface area contributed by atoms with Gasteiger partial charge in [0.15, 0.2) is 0 Å². The van der Waals surface area contributed by atoms with E-state index in [1.54, 1.807) is 18.2 Å². The molecular formula is C20H17BrN2O4S2. The van der Waals surface area contributed by atoms with Crippen molar-refractivity contribution >= 4 is 58.3 Å². The second-order valence-electron chi connectivity index (χ2n) is 6.46. The second-order valence-corrected chi connectivity index (χ2v) is 9.94. The monoisotopic (exact) mass is 492 g/mol. The molecule has 0 unspecified atom stereocenters. The summed E-state index contributed by atoms with van der Waals surface area (Å²) in [6, 6.07) is 11.4. The Kier molecular flexibility index (Phi) is 5.48. The van der Waals surface area contributed by atoms with Crippen molar-refractivity contribution in [3.63, 3.8) is 0 Å². The maximum absolute atomic E-state index is 12.4. The topological polar surface area (TPSA) is 99.3 Å². The van der Waals surface area contributed by atoms with Gasteiger partial charge in [-0.1, -0.05) is 28.1 Å². The summed E-state index contributed by atoms with van der Waals surface area (Å²) in [5, 5.41) is 14.6. The molecule has 2 heterocycles. The fourth-order valence-corrected chi connectivity index (χ4v) is 5.44. The molecule has 2 aromatic heterocycles. The van der Waals surface area contributed by atoms with Crippen molar-refractivity contribution in [2.45, 2.75) is 11.3 Å². The number of sulfonamides is 1. The van der Waals surface area contributed by atoms with Crippen LogP contribution in [-0.4, -0.2) is 30.4 Å². The predicted molar refractivity (Wildman–Crippen MR) is 121 cm³/mol. The molecule has 0 radical (unpaired) electrons. The van der Waals surface area contributed by atoms with Crippen LogP contribution in [0.2, 0.25) is 0 Å². The second kappa shape index (κ2) is 7.91. The van der Waals surface area contributed by atoms with Crippen LogP contribution in [0.4, 0.5) is 0 Å². The molecule has 4 aromatic rings. The average molecular weight is 493 g/mol. The predicted octanol–water partition coefficient (Wildman–Crippen LogP) is 4.18. The summed E-state index contributed by atoms with van der Waals surface area (Å²) in [4.78, 5) is 15.3. The summed E-state index contributed by atoms with van der Waals surface area (Å²) >= 11 is 4.61. The van der Waals surface area contributed by atoms with Crippen molar-refractivity contribution in [3.8, 4) is 16.9 Å². The van der Waals surface area contributed by atoms with E-state index < -0.39 is 10.0 Å². The molecule has 0 aliphatic carbocycles. The van der Waals surface area contributed by atoms with Crippen LogP contribution in [0, 0.1) is 0 Å². The van der Waals surface area contributed by atoms with Gasteiger partial charge >= 0.3 is 0 Å². The number of aromatic amines is 1. The third kappa shape index (κ3) is 3.71. The molecule has 29 heavy (non-hydrogen) atoms. The zero-order valence-electron chi connectivity index (χ0n) is 15.1. The summed E-state index contributed by atoms with van der Waals surface area (Å²) in [5.74, 6) is 0.0584. The average Bonchev–Trinajstić information content (AvgIpc) is 3.19. The number of phenols is 1. The Hall–Kier alpha value is -2.20. The minimum Gasteiger partial charge on any atom is -0.507 e. The van der Waals surface area contributed by atoms with Gasteiger partial charge in [-0.15, -0.1) is 11.3 Å². The van der Waals surface area contributed by atoms with Crippen molar-refractivity contribution in [1.29, 1.82) is 0 Å². The van der Waals surface area contributed by atoms with Gasteiger partial charge in [0.2, 0.25) is 10.0 Å². The number of H-pyrrole nitrogens is 1. The Morgan fingerprint density at radius 1 is 1.10 bits per heavy atom. The summed E-state index contributed by atoms with van der Waals surface area (Å²) in [7, 11) is -3.59. The van der Waals surface area contributed by atoms with Gasteiger partial charge in [-0.2, -0.15) is 0 Å². The van der Waals surface area contributed by atoms with Crippen LogP contribution >= 0.6 is 27.3 Å². The highest BCUT2D eigenvalue weighted by atomic mass is 79.9. The Balaban J connectivity index is 1.84. The largest absolute Gasteiger partial charge is 0.507 e. The summed E-state index contributed by atoms with van der Waals surface area (Å²) in [6.45, 7) is 0.350. The summed E-state index contributed by atoms with van der Waals surface area (Å²) in [6.07, 6.45) is 0.691. The zero-order chi connectivity index (χ0) is 20.6. The van der Waals surface area contributed by atoms with Crippen molar-refractivity contribution < 1.29 is 13.5 Å². The van der Waals surface area contributed by atoms with Gasteiger partial charge in [-0.05, 0) is 47.7 Å². The van der Waals surface area contributed by atoms with E-state index in [0.29, 0.717) is 39.6 Å². The van der Waals surface area contributed by atoms with E-state index in [1.807, 2.05) is 11.4 Å². The lowest BCUT2D eigenvalue weighted by atomic mass is 9.97. The molecule has 0 spiro atoms. The molecule has 6 nitrogen and oxygen atoms in total. The third-order valence-corrected chi connectivity index (χ3v) is 7.58. The van der Waals surface area contributed by atoms with Gasteiger partial charge in [-0.25, -0.2) is 13.1 Å². The first kappa shape index (κ1) is 20.1. The molecule has 9 heteroatoms. The molecular weight excluding hydrogens is 476 g/mol. The molecule has 150 valence electrons. The minimum absolute atomic E-state index is 0.0584. The van der Waals surface area contributed by atoms with Crippen LogP contribution < -0.4 is 10.3 Å². The highest BCUT2D eigenvalue weighted by Gasteiger charge is 2.17. The molecule has 0 aliphatic heterocycles. The van der Waals surface area contributed by atoms with Gasteiger partial charge in [0.25, 0.3) is 5.56 Å². The smallest absolute Gasteiger partial charge is 0.266 e. The van der Waals surface area contributed by atoms with Gasteiger partial charge in [0.1, 0.15) is 10.4 Å². The first-order chi connectivity index (χ1) is 13.9. The van der Waals surface area contributed by atoms with Gasteiger partial charge < -0.3 is 10.1 Å². The van der Waals surface area contributed by atoms with Gasteiger partial charge in [0.05, 0.1) is 4.90 Å². The number of hydrogen-bond acceptors (Lipinski definition) is 5. The Morgan fingerprint density at radius 3 is 2.59 bits per heavy atom. The van der Waals surface area contributed by atoms with E-state index in [2.05, 4.69) is 25.6 Å². The Bertz CT molecular complexity index is 1360. The van der Waals surface area contributed by atoms with Crippen LogP contribution in [0.1, 0.15) is 6.42 Å². The van der Waals surface area contributed by atoms with Crippen LogP contribution in [0.3, 0.4) is 0 Å². The lowest BCUT2D eigenvalue weighted by Crippen LogP contribution is -2.24. The fourth-order valence-electron chi connectivity index (χ4n) is 3.29. The van der Waals surface area contributed by atoms with Gasteiger partial charge in [-0.3, -0.25) is 4.79 Å². The molecule has 2 aromatic carbocycles. The molecule has 0 bridgehead atoms. The number of aromatic nitrogens is 1. The molecule has 3 N–H and O–H groups in total. The van der Waals surface area contributed by atoms with E-state index in [4.69, 9.17) is 0 Å². The van der Waals surface area contributed by atoms with Crippen LogP contribution in [0.25, 0.3) is 32.1 Å². The normalized spacial score (nSPS) is 12.0. The highest BCUT2D eigenvalue weighted by molar-refractivity contribution is 9.09. The minimum atomic E-state index is -3.59. The van der Waals surface area contributed by atoms with Crippen LogP contribution in [-0.2, 0) is 10.0 Å². The number of alkyl halides is 1. The van der Waals surface area contributed by atoms with Crippen LogP contribution in [0.5, 0.6) is 5.75 Å². The fraction of sp³-hybridized carbons (Fsp3) is 0.150. The molecule has 0 atom stereocenters. The molecule has 0 amide bonds. The lowest BCUT2D eigenvalue weighted by Gasteiger charge is -2.12. The maximum atomic E-state index is 12.4. The number of fused-ring (bicyclic) bond motifs is 3. The molecule has 0 fully saturated rings. The van der Waals surface area contributed by atoms with Crippen LogP contribution in [0.15, 0.2) is 57.5 Å². The van der Waals surface area contributed by atoms with E-state index in [9.17, 15) is 18.3 Å². The number of halogens is 1. The van der Waals surface area contributed by atoms with E-state index in [1.165, 1.54) is 29.5 Å². The van der Waals surface area contributed by atoms with Crippen molar-refractivity contribution in [2.75, 3.05) is 11.9 Å². The van der Waals surface area contributed by atoms with E-state index in [0.717, 1.165) is 10.8 Å². The highest BCUT2D eigenvalue weighted by Crippen LogP contribution is 2.39. The van der Waals surface area contributed by atoms with E-state index >= 15 is 0 Å². The number of hydrogen-bond donors (Lipinski definition) is 3. The molecule has 4 rings (SSSR count). The van der Waals surface area contributed by atoms with Crippen molar-refractivity contribution in [1.82, 2.24) is 9.71 Å². The first-order valence-electron chi connectivity index (χ1n) is 8.83. The quantitative estimate of drug-likeness (QED) is 0.277. The molecule has 0 aliphatic rings. The van der Waals surface area contributed by atoms with Crippen molar-refractivity contribution in [3.05, 3.63) is 58.2 Å². The standard InChI is InChI=1S/C20H17BrN2O4S2/c21-9-1-10-22-29(26,27)13-4-2-12(3-5-13)17-16(24)7-6-15-18(17)14-8-11-28-19(14)20(25)23-15/h2-8,11,22,24H,1,9-10H2,(H,23,25). The molecule has 0 saturated heterocycles. The Labute approximate surface area is 179 Å². The number of nitrogens with one attached hydrogen (secondary N) is 2. The Morgan fingerprint density at radius 2 is 1.86 bits per heavy atom. The number of benzene rings is 2.